The first-order chi connectivity index (χ1) is 11.4. The molecule has 2 heteroatoms. The number of likely N-dealkylation sites (tertiary alicyclic amines) is 1. The molecule has 136 valence electrons. The van der Waals surface area contributed by atoms with Crippen molar-refractivity contribution in [1.29, 1.82) is 0 Å². The summed E-state index contributed by atoms with van der Waals surface area (Å²) < 4.78 is 0. The molecule has 0 aromatic heterocycles. The number of rotatable bonds is 2. The van der Waals surface area contributed by atoms with Crippen molar-refractivity contribution in [2.24, 2.45) is 34.5 Å². The Morgan fingerprint density at radius 1 is 1.12 bits per heavy atom. The number of carbonyl (C=O) groups is 1. The molecule has 4 fully saturated rings. The highest BCUT2D eigenvalue weighted by Crippen LogP contribution is 2.65. The van der Waals surface area contributed by atoms with Gasteiger partial charge in [-0.25, -0.2) is 0 Å². The van der Waals surface area contributed by atoms with Crippen LogP contribution in [0.4, 0.5) is 0 Å². The van der Waals surface area contributed by atoms with Crippen LogP contribution in [0, 0.1) is 34.5 Å². The van der Waals surface area contributed by atoms with Gasteiger partial charge in [0.1, 0.15) is 0 Å². The summed E-state index contributed by atoms with van der Waals surface area (Å²) in [5.74, 6) is 3.97. The van der Waals surface area contributed by atoms with Gasteiger partial charge in [0.2, 0.25) is 5.91 Å². The first-order valence-electron chi connectivity index (χ1n) is 10.7. The van der Waals surface area contributed by atoms with E-state index in [1.807, 2.05) is 0 Å². The first kappa shape index (κ1) is 16.9. The molecule has 4 aliphatic rings. The Balaban J connectivity index is 1.68. The van der Waals surface area contributed by atoms with Crippen LogP contribution in [0.1, 0.15) is 85.5 Å². The summed E-state index contributed by atoms with van der Waals surface area (Å²) >= 11 is 0. The van der Waals surface area contributed by atoms with E-state index in [-0.39, 0.29) is 0 Å². The molecule has 0 aromatic rings. The Morgan fingerprint density at radius 2 is 1.92 bits per heavy atom. The molecule has 3 aliphatic carbocycles. The molecule has 0 bridgehead atoms. The van der Waals surface area contributed by atoms with Crippen LogP contribution in [-0.2, 0) is 4.79 Å². The maximum Gasteiger partial charge on any atom is 0.222 e. The van der Waals surface area contributed by atoms with Gasteiger partial charge in [-0.2, -0.15) is 0 Å². The maximum absolute atomic E-state index is 12.6. The third-order valence-electron chi connectivity index (χ3n) is 9.01. The Bertz CT molecular complexity index is 516. The summed E-state index contributed by atoms with van der Waals surface area (Å²) in [5, 5.41) is 0. The van der Waals surface area contributed by atoms with E-state index in [1.54, 1.807) is 0 Å². The highest BCUT2D eigenvalue weighted by molar-refractivity contribution is 5.77. The number of nitrogens with zero attached hydrogens (tertiary/aromatic N) is 1. The molecule has 1 amide bonds. The van der Waals surface area contributed by atoms with Crippen molar-refractivity contribution >= 4 is 5.91 Å². The lowest BCUT2D eigenvalue weighted by Gasteiger charge is -2.63. The molecule has 7 atom stereocenters. The van der Waals surface area contributed by atoms with Crippen LogP contribution < -0.4 is 0 Å². The van der Waals surface area contributed by atoms with Gasteiger partial charge in [-0.3, -0.25) is 4.79 Å². The molecule has 0 N–H and O–H groups in total. The zero-order chi connectivity index (χ0) is 17.1. The largest absolute Gasteiger partial charge is 0.339 e. The normalized spacial score (nSPS) is 51.1. The molecule has 24 heavy (non-hydrogen) atoms. The third-order valence-corrected chi connectivity index (χ3v) is 9.01. The lowest BCUT2D eigenvalue weighted by Crippen LogP contribution is -2.63. The average Bonchev–Trinajstić information content (AvgIpc) is 2.94. The number of hydrogen-bond donors (Lipinski definition) is 0. The molecule has 1 saturated heterocycles. The van der Waals surface area contributed by atoms with E-state index in [0.29, 0.717) is 22.8 Å². The van der Waals surface area contributed by atoms with Gasteiger partial charge >= 0.3 is 0 Å². The highest BCUT2D eigenvalue weighted by atomic mass is 16.2. The Kier molecular flexibility index (Phi) is 4.05. The second kappa shape index (κ2) is 5.74. The SMILES string of the molecule is CCCN1C(=O)CC[C@]2(C)[C@H]3CC[C@]4(C)CCC[C@H]4[C@@H]3[C@@H](C)C[C@@H]12. The predicted octanol–water partition coefficient (Wildman–Crippen LogP) is 5.27. The minimum atomic E-state index is 0.379. The summed E-state index contributed by atoms with van der Waals surface area (Å²) in [6, 6.07) is 0.515. The first-order valence-corrected chi connectivity index (χ1v) is 10.7. The Labute approximate surface area is 148 Å². The molecule has 0 aromatic carbocycles. The molecule has 3 saturated carbocycles. The molecule has 4 rings (SSSR count). The number of fused-ring (bicyclic) bond motifs is 5. The molecular weight excluding hydrogens is 294 g/mol. The second-order valence-corrected chi connectivity index (χ2v) is 10.2. The van der Waals surface area contributed by atoms with Crippen molar-refractivity contribution in [1.82, 2.24) is 4.90 Å². The van der Waals surface area contributed by atoms with E-state index in [4.69, 9.17) is 0 Å². The van der Waals surface area contributed by atoms with E-state index < -0.39 is 0 Å². The molecule has 2 nitrogen and oxygen atoms in total. The zero-order valence-corrected chi connectivity index (χ0v) is 16.3. The summed E-state index contributed by atoms with van der Waals surface area (Å²) in [6.07, 6.45) is 11.6. The van der Waals surface area contributed by atoms with Crippen molar-refractivity contribution in [2.75, 3.05) is 6.54 Å². The highest BCUT2D eigenvalue weighted by Gasteiger charge is 2.61. The quantitative estimate of drug-likeness (QED) is 0.675. The van der Waals surface area contributed by atoms with Crippen molar-refractivity contribution in [3.8, 4) is 0 Å². The molecule has 1 aliphatic heterocycles. The topological polar surface area (TPSA) is 20.3 Å². The van der Waals surface area contributed by atoms with Gasteiger partial charge in [-0.1, -0.05) is 34.1 Å². The van der Waals surface area contributed by atoms with Crippen LogP contribution in [0.15, 0.2) is 0 Å². The standard InChI is InChI=1S/C22H37NO/c1-5-13-23-18-14-15(2)20-16-7-6-10-21(16,3)11-8-17(20)22(18,4)12-9-19(23)24/h15-18,20H,5-14H2,1-4H3/t15-,16-,17-,18+,20-,21-,22+/m0/s1. The lowest BCUT2D eigenvalue weighted by atomic mass is 9.45. The van der Waals surface area contributed by atoms with Crippen molar-refractivity contribution in [3.05, 3.63) is 0 Å². The van der Waals surface area contributed by atoms with Crippen LogP contribution in [0.2, 0.25) is 0 Å². The summed E-state index contributed by atoms with van der Waals surface area (Å²) in [6.45, 7) is 10.9. The third kappa shape index (κ3) is 2.23. The summed E-state index contributed by atoms with van der Waals surface area (Å²) in [5.41, 5.74) is 1.01. The van der Waals surface area contributed by atoms with Crippen molar-refractivity contribution in [3.63, 3.8) is 0 Å². The van der Waals surface area contributed by atoms with E-state index in [1.165, 1.54) is 38.5 Å². The van der Waals surface area contributed by atoms with E-state index in [0.717, 1.165) is 49.5 Å². The van der Waals surface area contributed by atoms with Gasteiger partial charge in [0.05, 0.1) is 0 Å². The fourth-order valence-corrected chi connectivity index (χ4v) is 7.82. The van der Waals surface area contributed by atoms with Gasteiger partial charge < -0.3 is 4.90 Å². The number of carbonyl (C=O) groups excluding carboxylic acids is 1. The van der Waals surface area contributed by atoms with Crippen LogP contribution >= 0.6 is 0 Å². The number of amides is 1. The summed E-state index contributed by atoms with van der Waals surface area (Å²) in [4.78, 5) is 14.9. The fourth-order valence-electron chi connectivity index (χ4n) is 7.82. The second-order valence-electron chi connectivity index (χ2n) is 10.2. The van der Waals surface area contributed by atoms with Crippen LogP contribution in [0.25, 0.3) is 0 Å². The number of piperidine rings is 1. The Morgan fingerprint density at radius 3 is 2.67 bits per heavy atom. The van der Waals surface area contributed by atoms with E-state index in [2.05, 4.69) is 32.6 Å². The molecule has 0 spiro atoms. The minimum Gasteiger partial charge on any atom is -0.339 e. The number of hydrogen-bond acceptors (Lipinski definition) is 1. The van der Waals surface area contributed by atoms with Gasteiger partial charge in [0.15, 0.2) is 0 Å². The smallest absolute Gasteiger partial charge is 0.222 e. The van der Waals surface area contributed by atoms with Crippen molar-refractivity contribution in [2.45, 2.75) is 91.5 Å². The van der Waals surface area contributed by atoms with E-state index in [9.17, 15) is 4.79 Å². The summed E-state index contributed by atoms with van der Waals surface area (Å²) in [7, 11) is 0. The van der Waals surface area contributed by atoms with Gasteiger partial charge in [-0.15, -0.1) is 0 Å². The molecular formula is C22H37NO. The lowest BCUT2D eigenvalue weighted by molar-refractivity contribution is -0.168. The molecule has 0 unspecified atom stereocenters. The van der Waals surface area contributed by atoms with Gasteiger partial charge in [0.25, 0.3) is 0 Å². The minimum absolute atomic E-state index is 0.379. The molecule has 1 heterocycles. The van der Waals surface area contributed by atoms with Crippen LogP contribution in [0.5, 0.6) is 0 Å². The van der Waals surface area contributed by atoms with Gasteiger partial charge in [0, 0.05) is 19.0 Å². The predicted molar refractivity (Wildman–Crippen MR) is 98.6 cm³/mol. The monoisotopic (exact) mass is 331 g/mol. The van der Waals surface area contributed by atoms with Gasteiger partial charge in [-0.05, 0) is 79.4 Å². The maximum atomic E-state index is 12.6. The van der Waals surface area contributed by atoms with Crippen LogP contribution in [0.3, 0.4) is 0 Å². The Hall–Kier alpha value is -0.530. The van der Waals surface area contributed by atoms with Crippen molar-refractivity contribution < 1.29 is 4.79 Å². The van der Waals surface area contributed by atoms with Crippen LogP contribution in [-0.4, -0.2) is 23.4 Å². The fraction of sp³-hybridized carbons (Fsp3) is 0.955. The molecule has 0 radical (unpaired) electrons. The average molecular weight is 332 g/mol. The zero-order valence-electron chi connectivity index (χ0n) is 16.3. The van der Waals surface area contributed by atoms with E-state index >= 15 is 0 Å².